The van der Waals surface area contributed by atoms with Crippen LogP contribution in [0.2, 0.25) is 0 Å². The van der Waals surface area contributed by atoms with Gasteiger partial charge >= 0.3 is 11.8 Å². The van der Waals surface area contributed by atoms with Gasteiger partial charge in [-0.3, -0.25) is 29.0 Å². The van der Waals surface area contributed by atoms with E-state index in [4.69, 9.17) is 76.4 Å². The number of ether oxygens (including phenoxy) is 9. The summed E-state index contributed by atoms with van der Waals surface area (Å²) in [4.78, 5) is 43.6. The van der Waals surface area contributed by atoms with Crippen molar-refractivity contribution in [3.63, 3.8) is 0 Å². The van der Waals surface area contributed by atoms with Crippen molar-refractivity contribution in [2.45, 2.75) is 223 Å². The monoisotopic (exact) mass is 1620 g/mol. The molecule has 20 N–H and O–H groups in total. The number of halogens is 5. The number of aliphatic hydroxyl groups is 6. The summed E-state index contributed by atoms with van der Waals surface area (Å²) in [6, 6.07) is -3.38. The number of benzene rings is 2. The van der Waals surface area contributed by atoms with Gasteiger partial charge in [-0.05, 0) is 45.6 Å². The molecule has 0 spiro atoms. The summed E-state index contributed by atoms with van der Waals surface area (Å²) in [6.07, 6.45) is -1.25. The number of allylic oxidation sites excluding steroid dienone is 2. The number of hydrogen-bond donors (Lipinski definition) is 15. The fourth-order valence-corrected chi connectivity index (χ4v) is 14.3. The van der Waals surface area contributed by atoms with Crippen LogP contribution in [0.25, 0.3) is 10.8 Å². The van der Waals surface area contributed by atoms with E-state index in [1.165, 1.54) is 59.4 Å². The summed E-state index contributed by atoms with van der Waals surface area (Å²) in [7, 11) is 1.42. The highest BCUT2D eigenvalue weighted by Crippen LogP contribution is 2.55. The number of Topliss-reactive ketones (excluding diaryl/α,β-unsaturated/α-hetero) is 1. The molecule has 1 saturated carbocycles. The molecule has 33 nitrogen and oxygen atoms in total. The molecule has 0 unspecified atom stereocenters. The van der Waals surface area contributed by atoms with Gasteiger partial charge in [0.1, 0.15) is 60.0 Å². The Hall–Kier alpha value is -5.13. The molecule has 7 heterocycles. The van der Waals surface area contributed by atoms with E-state index in [2.05, 4.69) is 20.5 Å². The maximum absolute atomic E-state index is 14.8. The number of nitrogens with one attached hydrogen (secondary N) is 1. The van der Waals surface area contributed by atoms with Crippen molar-refractivity contribution in [3.05, 3.63) is 64.7 Å². The van der Waals surface area contributed by atoms with Gasteiger partial charge in [0.15, 0.2) is 18.3 Å². The Morgan fingerprint density at radius 2 is 1.41 bits per heavy atom. The van der Waals surface area contributed by atoms with Gasteiger partial charge < -0.3 is 123 Å². The van der Waals surface area contributed by atoms with Crippen molar-refractivity contribution in [3.8, 4) is 23.0 Å². The molecule has 3 saturated heterocycles. The lowest BCUT2D eigenvalue weighted by atomic mass is 9.78. The standard InChI is InChI=1S/C69H106N12O21.5ClH/c1-32-15-14-16-33(2)66(93)76-52-40(56(88)48-49(58(52)90)55(87)37(6)61-50(48)65(92)69(8,102-61)96-24-17-45(94-9)34(3)60(97-38(7)83)36(5)54(86)35(4)53(32)85)28-75-80-21-19-79(20-22-80)29-39-30-81(78-77-39)18-12-10-11-13-23-95-64-62(100-67-43(73)26-44(84)46(27-70)98-67)41(71)25-42(72)63(64)101-68-59(91)51(74)57(89)47(31-82)99-68;;;;;/h14-17,24,28,30,32,34-36,41-47,51,53-54,57,59-60,62-64,67-68,82,84-91H,10-13,18-23,25-27,29,31,70-74H2,1-9H3,(H,76,93);5*1H/b15-14+,24-17+,33-16-,75-28+;;;;;/t32-,34+,35+,36+,41-,42+,43+,44-,45-,46+,47+,51-,53-,54+,57+,59+,60+,62+,63-,64-,67+,68+,69-;;;;;/m0...../s1. The molecule has 10 rings (SSSR count). The summed E-state index contributed by atoms with van der Waals surface area (Å²) in [5.41, 5.74) is 31.9. The number of hydrazone groups is 1. The molecule has 7 aliphatic rings. The van der Waals surface area contributed by atoms with Crippen molar-refractivity contribution >= 4 is 102 Å². The number of ketones is 1. The summed E-state index contributed by atoms with van der Waals surface area (Å²) in [5.74, 6) is -9.00. The number of piperazine rings is 1. The van der Waals surface area contributed by atoms with Crippen molar-refractivity contribution in [1.29, 1.82) is 0 Å². The highest BCUT2D eigenvalue weighted by molar-refractivity contribution is 6.24. The lowest BCUT2D eigenvalue weighted by Crippen LogP contribution is -2.68. The number of aromatic hydroxyl groups is 3. The number of carbonyl (C=O) groups is 3. The Morgan fingerprint density at radius 3 is 2.05 bits per heavy atom. The molecular weight excluding hydrogens is 1510 g/mol. The summed E-state index contributed by atoms with van der Waals surface area (Å²) >= 11 is 0. The average molecular weight is 1620 g/mol. The second-order valence-corrected chi connectivity index (χ2v) is 28.1. The number of carbonyl (C=O) groups excluding carboxylic acids is 3. The first-order valence-electron chi connectivity index (χ1n) is 35.0. The van der Waals surface area contributed by atoms with Crippen LogP contribution < -0.4 is 38.7 Å². The molecular formula is C69H111Cl5N12O21. The molecule has 1 aliphatic carbocycles. The van der Waals surface area contributed by atoms with E-state index < -0.39 is 181 Å². The van der Waals surface area contributed by atoms with E-state index in [0.29, 0.717) is 45.7 Å². The van der Waals surface area contributed by atoms with E-state index >= 15 is 0 Å². The van der Waals surface area contributed by atoms with E-state index in [1.807, 2.05) is 6.20 Å². The number of amides is 1. The Balaban J connectivity index is 0.00000484. The van der Waals surface area contributed by atoms with Gasteiger partial charge in [-0.15, -0.1) is 67.1 Å². The quantitative estimate of drug-likeness (QED) is 0.0252. The number of anilines is 1. The maximum Gasteiger partial charge on any atom is 0.312 e. The molecule has 23 atom stereocenters. The Bertz CT molecular complexity index is 3530. The van der Waals surface area contributed by atoms with Crippen molar-refractivity contribution in [2.24, 2.45) is 57.4 Å². The zero-order valence-electron chi connectivity index (χ0n) is 61.4. The van der Waals surface area contributed by atoms with Gasteiger partial charge in [0.25, 0.3) is 11.7 Å². The molecule has 2 aromatic carbocycles. The smallest absolute Gasteiger partial charge is 0.312 e. The molecule has 1 amide bonds. The highest BCUT2D eigenvalue weighted by Gasteiger charge is 2.53. The summed E-state index contributed by atoms with van der Waals surface area (Å²) in [6.45, 7) is 14.9. The molecule has 4 fully saturated rings. The van der Waals surface area contributed by atoms with Crippen LogP contribution in [0.15, 0.2) is 47.4 Å². The van der Waals surface area contributed by atoms with Crippen molar-refractivity contribution in [1.82, 2.24) is 24.9 Å². The van der Waals surface area contributed by atoms with Crippen LogP contribution in [0.4, 0.5) is 5.69 Å². The van der Waals surface area contributed by atoms with Crippen LogP contribution in [-0.2, 0) is 60.6 Å². The number of methoxy groups -OCH3 is 1. The normalized spacial score (nSPS) is 34.8. The van der Waals surface area contributed by atoms with Gasteiger partial charge in [0, 0.05) is 132 Å². The first kappa shape index (κ1) is 94.2. The van der Waals surface area contributed by atoms with Crippen LogP contribution in [0.5, 0.6) is 23.0 Å². The van der Waals surface area contributed by atoms with Crippen LogP contribution in [0.3, 0.4) is 0 Å². The third-order valence-electron chi connectivity index (χ3n) is 20.7. The number of nitrogens with zero attached hydrogens (tertiary/aromatic N) is 6. The number of nitrogens with two attached hydrogens (primary N) is 5. The molecule has 5 bridgehead atoms. The number of aromatic nitrogens is 3. The molecule has 3 aromatic rings. The van der Waals surface area contributed by atoms with Gasteiger partial charge in [-0.2, -0.15) is 5.10 Å². The Labute approximate surface area is 653 Å². The minimum absolute atomic E-state index is 0. The second-order valence-electron chi connectivity index (χ2n) is 28.1. The van der Waals surface area contributed by atoms with Gasteiger partial charge in [-0.1, -0.05) is 64.0 Å². The number of hydrogen-bond acceptors (Lipinski definition) is 31. The predicted molar refractivity (Wildman–Crippen MR) is 405 cm³/mol. The molecule has 6 aliphatic heterocycles. The topological polar surface area (TPSA) is 508 Å². The van der Waals surface area contributed by atoms with Gasteiger partial charge in [0.2, 0.25) is 0 Å². The van der Waals surface area contributed by atoms with Gasteiger partial charge in [-0.25, -0.2) is 0 Å². The van der Waals surface area contributed by atoms with Crippen molar-refractivity contribution in [2.75, 3.05) is 58.4 Å². The van der Waals surface area contributed by atoms with Crippen LogP contribution in [0.1, 0.15) is 114 Å². The number of fused-ring (bicyclic) bond motifs is 14. The number of phenolic OH excluding ortho intramolecular Hbond substituents is 3. The zero-order valence-corrected chi connectivity index (χ0v) is 65.5. The maximum atomic E-state index is 14.8. The number of aliphatic hydroxyl groups excluding tert-OH is 6. The molecule has 608 valence electrons. The van der Waals surface area contributed by atoms with Crippen LogP contribution in [-0.4, -0.2) is 264 Å². The van der Waals surface area contributed by atoms with E-state index in [9.17, 15) is 60.3 Å². The SMILES string of the molecule is CO[C@H]1/C=C/O[C@@]2(C)Oc3c(C)c(O)c4c(O)c(c(/C=N/N5CCN(Cc6cn(CCCCCCO[C@@H]7[C@@H](O[C@H]8O[C@H](CO)[C@@H](O)[C@H](N)[C@H]8O)[C@H](N)C[C@H](N)[C@H]7O[C@H]7O[C@H](CN)[C@@H](O)C[C@H]7N)nn6)CC5)c(O)c4c3C2=O)NC(=O)/C(C)=C\C=C\[C@H](C)[C@H](O)[C@@H](C)[C@@H](O)[C@@H](C)[C@H](OC(C)=O)[C@@H]1C.Cl.Cl.Cl.Cl.Cl. The van der Waals surface area contributed by atoms with Crippen LogP contribution in [0, 0.1) is 30.6 Å². The number of phenols is 3. The molecule has 38 heteroatoms. The van der Waals surface area contributed by atoms with Gasteiger partial charge in [0.05, 0.1) is 89.6 Å². The first-order valence-corrected chi connectivity index (χ1v) is 35.0. The zero-order chi connectivity index (χ0) is 74.3. The van der Waals surface area contributed by atoms with Crippen molar-refractivity contribution < 1.29 is 103 Å². The first-order chi connectivity index (χ1) is 48.4. The second kappa shape index (κ2) is 41.4. The number of esters is 1. The van der Waals surface area contributed by atoms with E-state index in [1.54, 1.807) is 49.5 Å². The summed E-state index contributed by atoms with van der Waals surface area (Å²) < 4.78 is 56.7. The summed E-state index contributed by atoms with van der Waals surface area (Å²) in [5, 5.41) is 119. The molecule has 107 heavy (non-hydrogen) atoms. The van der Waals surface area contributed by atoms with E-state index in [-0.39, 0.29) is 133 Å². The fraction of sp³-hybridized carbons (Fsp3) is 0.681. The Kier molecular flexibility index (Phi) is 36.5. The van der Waals surface area contributed by atoms with Crippen LogP contribution >= 0.6 is 62.0 Å². The third kappa shape index (κ3) is 21.4. The number of unbranched alkanes of at least 4 members (excludes halogenated alkanes) is 3. The van der Waals surface area contributed by atoms with E-state index in [0.717, 1.165) is 25.0 Å². The number of aryl methyl sites for hydroxylation is 1. The largest absolute Gasteiger partial charge is 0.507 e. The minimum atomic E-state index is -2.12. The third-order valence-corrected chi connectivity index (χ3v) is 20.7. The fourth-order valence-electron chi connectivity index (χ4n) is 14.3. The highest BCUT2D eigenvalue weighted by atomic mass is 35.5. The molecule has 1 aromatic heterocycles. The lowest BCUT2D eigenvalue weighted by Gasteiger charge is -2.49. The minimum Gasteiger partial charge on any atom is -0.507 e. The lowest BCUT2D eigenvalue weighted by molar-refractivity contribution is -0.318. The Morgan fingerprint density at radius 1 is 0.766 bits per heavy atom. The predicted octanol–water partition coefficient (Wildman–Crippen LogP) is 1.91. The number of rotatable bonds is 20. The molecule has 0 radical (unpaired) electrons. The average Bonchev–Trinajstić information content (AvgIpc) is 1.61.